The van der Waals surface area contributed by atoms with Crippen LogP contribution in [0.1, 0.15) is 47.3 Å². The molecule has 0 bridgehead atoms. The van der Waals surface area contributed by atoms with Crippen LogP contribution in [-0.4, -0.2) is 36.9 Å². The molecule has 2 N–H and O–H groups in total. The number of nitrogens with one attached hydrogen (secondary N) is 2. The standard InChI is InChI=1S/C24H33N3O2/c1-16(2)11-22(26-23(28)21-10-8-7-9-18(21)4)24(29)25-20-13-17(3)12-19(14-20)15-27(5)6/h7-10,12-14,16,22H,11,15H2,1-6H3,(H,25,29)(H,26,28)/t22-/m0/s1. The summed E-state index contributed by atoms with van der Waals surface area (Å²) in [6.07, 6.45) is 0.569. The molecule has 5 nitrogen and oxygen atoms in total. The molecule has 0 fully saturated rings. The normalized spacial score (nSPS) is 12.1. The molecule has 0 spiro atoms. The summed E-state index contributed by atoms with van der Waals surface area (Å²) < 4.78 is 0. The first-order valence-electron chi connectivity index (χ1n) is 10.1. The lowest BCUT2D eigenvalue weighted by atomic mass is 10.0. The highest BCUT2D eigenvalue weighted by Gasteiger charge is 2.23. The van der Waals surface area contributed by atoms with Crippen molar-refractivity contribution in [1.82, 2.24) is 10.2 Å². The maximum atomic E-state index is 13.0. The van der Waals surface area contributed by atoms with Crippen molar-refractivity contribution < 1.29 is 9.59 Å². The number of hydrogen-bond donors (Lipinski definition) is 2. The minimum atomic E-state index is -0.597. The quantitative estimate of drug-likeness (QED) is 0.706. The van der Waals surface area contributed by atoms with E-state index in [0.29, 0.717) is 12.0 Å². The van der Waals surface area contributed by atoms with Crippen molar-refractivity contribution in [3.8, 4) is 0 Å². The van der Waals surface area contributed by atoms with Crippen molar-refractivity contribution in [3.05, 3.63) is 64.7 Å². The summed E-state index contributed by atoms with van der Waals surface area (Å²) in [6, 6.07) is 12.9. The van der Waals surface area contributed by atoms with Crippen molar-refractivity contribution in [2.24, 2.45) is 5.92 Å². The number of benzene rings is 2. The van der Waals surface area contributed by atoms with Crippen molar-refractivity contribution in [1.29, 1.82) is 0 Å². The fraction of sp³-hybridized carbons (Fsp3) is 0.417. The molecule has 2 aromatic rings. The molecule has 0 radical (unpaired) electrons. The Morgan fingerprint density at radius 3 is 2.34 bits per heavy atom. The molecular formula is C24H33N3O2. The summed E-state index contributed by atoms with van der Waals surface area (Å²) >= 11 is 0. The van der Waals surface area contributed by atoms with E-state index in [2.05, 4.69) is 21.6 Å². The number of amides is 2. The summed E-state index contributed by atoms with van der Waals surface area (Å²) in [5, 5.41) is 5.93. The lowest BCUT2D eigenvalue weighted by Gasteiger charge is -2.21. The molecule has 0 unspecified atom stereocenters. The fourth-order valence-corrected chi connectivity index (χ4v) is 3.39. The first-order valence-corrected chi connectivity index (χ1v) is 10.1. The van der Waals surface area contributed by atoms with Crippen LogP contribution in [0.15, 0.2) is 42.5 Å². The van der Waals surface area contributed by atoms with E-state index in [1.165, 1.54) is 0 Å². The average molecular weight is 396 g/mol. The zero-order valence-electron chi connectivity index (χ0n) is 18.4. The monoisotopic (exact) mass is 395 g/mol. The maximum absolute atomic E-state index is 13.0. The summed E-state index contributed by atoms with van der Waals surface area (Å²) in [5.41, 5.74) is 4.46. The fourth-order valence-electron chi connectivity index (χ4n) is 3.39. The molecule has 2 rings (SSSR count). The van der Waals surface area contributed by atoms with E-state index in [0.717, 1.165) is 28.9 Å². The zero-order valence-corrected chi connectivity index (χ0v) is 18.4. The topological polar surface area (TPSA) is 61.4 Å². The van der Waals surface area contributed by atoms with Crippen LogP contribution in [0.25, 0.3) is 0 Å². The van der Waals surface area contributed by atoms with E-state index < -0.39 is 6.04 Å². The Balaban J connectivity index is 2.18. The second kappa shape index (κ2) is 10.2. The van der Waals surface area contributed by atoms with Gasteiger partial charge in [0.1, 0.15) is 6.04 Å². The lowest BCUT2D eigenvalue weighted by Crippen LogP contribution is -2.44. The van der Waals surface area contributed by atoms with E-state index in [9.17, 15) is 9.59 Å². The smallest absolute Gasteiger partial charge is 0.252 e. The van der Waals surface area contributed by atoms with Gasteiger partial charge in [0.15, 0.2) is 0 Å². The first-order chi connectivity index (χ1) is 13.7. The number of carbonyl (C=O) groups is 2. The Kier molecular flexibility index (Phi) is 7.97. The second-order valence-electron chi connectivity index (χ2n) is 8.40. The Labute approximate surface area is 174 Å². The van der Waals surface area contributed by atoms with E-state index in [-0.39, 0.29) is 17.7 Å². The van der Waals surface area contributed by atoms with Gasteiger partial charge in [-0.25, -0.2) is 0 Å². The molecule has 0 saturated carbocycles. The van der Waals surface area contributed by atoms with Gasteiger partial charge in [-0.15, -0.1) is 0 Å². The van der Waals surface area contributed by atoms with Gasteiger partial charge >= 0.3 is 0 Å². The number of hydrogen-bond acceptors (Lipinski definition) is 3. The number of aryl methyl sites for hydroxylation is 2. The van der Waals surface area contributed by atoms with Gasteiger partial charge in [-0.3, -0.25) is 9.59 Å². The molecular weight excluding hydrogens is 362 g/mol. The summed E-state index contributed by atoms with van der Waals surface area (Å²) in [7, 11) is 4.03. The van der Waals surface area contributed by atoms with Gasteiger partial charge in [0.2, 0.25) is 5.91 Å². The van der Waals surface area contributed by atoms with Gasteiger partial charge in [0.25, 0.3) is 5.91 Å². The van der Waals surface area contributed by atoms with Gasteiger partial charge < -0.3 is 15.5 Å². The van der Waals surface area contributed by atoms with Crippen LogP contribution in [0, 0.1) is 19.8 Å². The third-order valence-corrected chi connectivity index (χ3v) is 4.62. The Hall–Kier alpha value is -2.66. The van der Waals surface area contributed by atoms with Gasteiger partial charge in [0.05, 0.1) is 0 Å². The largest absolute Gasteiger partial charge is 0.340 e. The number of anilines is 1. The average Bonchev–Trinajstić information content (AvgIpc) is 2.59. The second-order valence-corrected chi connectivity index (χ2v) is 8.40. The molecule has 5 heteroatoms. The van der Waals surface area contributed by atoms with Gasteiger partial charge in [-0.1, -0.05) is 38.1 Å². The molecule has 0 heterocycles. The molecule has 1 atom stereocenters. The van der Waals surface area contributed by atoms with Crippen molar-refractivity contribution in [3.63, 3.8) is 0 Å². The van der Waals surface area contributed by atoms with E-state index in [4.69, 9.17) is 0 Å². The highest BCUT2D eigenvalue weighted by molar-refractivity contribution is 6.01. The van der Waals surface area contributed by atoms with Crippen LogP contribution in [0.2, 0.25) is 0 Å². The van der Waals surface area contributed by atoms with Crippen LogP contribution in [-0.2, 0) is 11.3 Å². The van der Waals surface area contributed by atoms with Crippen LogP contribution < -0.4 is 10.6 Å². The van der Waals surface area contributed by atoms with E-state index in [1.807, 2.05) is 72.1 Å². The third-order valence-electron chi connectivity index (χ3n) is 4.62. The summed E-state index contributed by atoms with van der Waals surface area (Å²) in [6.45, 7) is 8.79. The van der Waals surface area contributed by atoms with Gasteiger partial charge in [0, 0.05) is 17.8 Å². The Bertz CT molecular complexity index is 859. The molecule has 0 aliphatic heterocycles. The minimum absolute atomic E-state index is 0.193. The van der Waals surface area contributed by atoms with Crippen molar-refractivity contribution in [2.75, 3.05) is 19.4 Å². The number of nitrogens with zero attached hydrogens (tertiary/aromatic N) is 1. The van der Waals surface area contributed by atoms with Gasteiger partial charge in [-0.2, -0.15) is 0 Å². The highest BCUT2D eigenvalue weighted by Crippen LogP contribution is 2.17. The SMILES string of the molecule is Cc1cc(CN(C)C)cc(NC(=O)[C@H](CC(C)C)NC(=O)c2ccccc2C)c1. The maximum Gasteiger partial charge on any atom is 0.252 e. The van der Waals surface area contributed by atoms with Crippen molar-refractivity contribution >= 4 is 17.5 Å². The van der Waals surface area contributed by atoms with E-state index in [1.54, 1.807) is 6.07 Å². The zero-order chi connectivity index (χ0) is 21.6. The Morgan fingerprint density at radius 2 is 1.72 bits per heavy atom. The highest BCUT2D eigenvalue weighted by atomic mass is 16.2. The van der Waals surface area contributed by atoms with E-state index >= 15 is 0 Å². The number of carbonyl (C=O) groups excluding carboxylic acids is 2. The Morgan fingerprint density at radius 1 is 1.03 bits per heavy atom. The molecule has 2 aromatic carbocycles. The van der Waals surface area contributed by atoms with Crippen LogP contribution >= 0.6 is 0 Å². The van der Waals surface area contributed by atoms with Crippen LogP contribution in [0.5, 0.6) is 0 Å². The van der Waals surface area contributed by atoms with Crippen LogP contribution in [0.4, 0.5) is 5.69 Å². The molecule has 156 valence electrons. The molecule has 0 aliphatic rings. The third kappa shape index (κ3) is 7.02. The summed E-state index contributed by atoms with van der Waals surface area (Å²) in [4.78, 5) is 27.8. The predicted octanol–water partition coefficient (Wildman–Crippen LogP) is 4.15. The van der Waals surface area contributed by atoms with Crippen molar-refractivity contribution in [2.45, 2.75) is 46.7 Å². The lowest BCUT2D eigenvalue weighted by molar-refractivity contribution is -0.118. The molecule has 0 aromatic heterocycles. The molecule has 2 amide bonds. The first kappa shape index (κ1) is 22.6. The molecule has 0 aliphatic carbocycles. The molecule has 29 heavy (non-hydrogen) atoms. The number of rotatable bonds is 8. The van der Waals surface area contributed by atoms with Gasteiger partial charge in [-0.05, 0) is 75.2 Å². The minimum Gasteiger partial charge on any atom is -0.340 e. The molecule has 0 saturated heterocycles. The van der Waals surface area contributed by atoms with Crippen LogP contribution in [0.3, 0.4) is 0 Å². The summed E-state index contributed by atoms with van der Waals surface area (Å²) in [5.74, 6) is -0.145. The predicted molar refractivity (Wildman–Crippen MR) is 119 cm³/mol.